The lowest BCUT2D eigenvalue weighted by Crippen LogP contribution is -2.17. The summed E-state index contributed by atoms with van der Waals surface area (Å²) in [6.45, 7) is 5.10. The molecule has 0 aromatic carbocycles. The fourth-order valence-electron chi connectivity index (χ4n) is 1.89. The number of halogens is 1. The van der Waals surface area contributed by atoms with Crippen LogP contribution in [-0.4, -0.2) is 30.8 Å². The molecule has 2 rings (SSSR count). The van der Waals surface area contributed by atoms with Crippen molar-refractivity contribution < 1.29 is 9.47 Å². The number of ether oxygens (including phenoxy) is 2. The molecule has 2 heterocycles. The minimum absolute atomic E-state index is 0.208. The van der Waals surface area contributed by atoms with Gasteiger partial charge in [0, 0.05) is 25.4 Å². The van der Waals surface area contributed by atoms with Gasteiger partial charge in [-0.1, -0.05) is 18.5 Å². The number of nitrogens with zero attached hydrogens (tertiary/aromatic N) is 1. The van der Waals surface area contributed by atoms with E-state index in [4.69, 9.17) is 21.1 Å². The number of hydrogen-bond acceptors (Lipinski definition) is 4. The van der Waals surface area contributed by atoms with Gasteiger partial charge in [0.05, 0.1) is 11.1 Å². The molecule has 4 nitrogen and oxygen atoms in total. The molecule has 1 N–H and O–H groups in total. The molecule has 1 aromatic heterocycles. The summed E-state index contributed by atoms with van der Waals surface area (Å²) in [4.78, 5) is 4.17. The molecule has 1 aliphatic rings. The lowest BCUT2D eigenvalue weighted by molar-refractivity contribution is 0.0663. The summed E-state index contributed by atoms with van der Waals surface area (Å²) >= 11 is 6.08. The Morgan fingerprint density at radius 2 is 2.50 bits per heavy atom. The van der Waals surface area contributed by atoms with Gasteiger partial charge in [0.2, 0.25) is 5.88 Å². The molecule has 0 amide bonds. The molecule has 18 heavy (non-hydrogen) atoms. The van der Waals surface area contributed by atoms with E-state index in [9.17, 15) is 0 Å². The van der Waals surface area contributed by atoms with Crippen molar-refractivity contribution in [3.05, 3.63) is 22.8 Å². The van der Waals surface area contributed by atoms with E-state index in [1.807, 2.05) is 6.07 Å². The zero-order chi connectivity index (χ0) is 12.8. The van der Waals surface area contributed by atoms with Gasteiger partial charge in [-0.3, -0.25) is 0 Å². The number of rotatable bonds is 6. The van der Waals surface area contributed by atoms with Crippen molar-refractivity contribution in [1.29, 1.82) is 0 Å². The second kappa shape index (κ2) is 6.92. The number of nitrogens with one attached hydrogen (secondary N) is 1. The van der Waals surface area contributed by atoms with Crippen LogP contribution in [0.3, 0.4) is 0 Å². The highest BCUT2D eigenvalue weighted by Gasteiger charge is 2.16. The first-order valence-electron chi connectivity index (χ1n) is 6.39. The summed E-state index contributed by atoms with van der Waals surface area (Å²) in [7, 11) is 0. The normalized spacial score (nSPS) is 19.1. The van der Waals surface area contributed by atoms with Crippen molar-refractivity contribution in [2.45, 2.75) is 32.4 Å². The highest BCUT2D eigenvalue weighted by molar-refractivity contribution is 6.31. The molecule has 1 unspecified atom stereocenters. The van der Waals surface area contributed by atoms with Gasteiger partial charge < -0.3 is 14.8 Å². The Morgan fingerprint density at radius 1 is 1.61 bits per heavy atom. The molecule has 1 aromatic rings. The molecular weight excluding hydrogens is 252 g/mol. The van der Waals surface area contributed by atoms with Crippen LogP contribution in [0.5, 0.6) is 5.88 Å². The molecule has 1 fully saturated rings. The lowest BCUT2D eigenvalue weighted by Gasteiger charge is -2.12. The topological polar surface area (TPSA) is 43.4 Å². The van der Waals surface area contributed by atoms with E-state index in [-0.39, 0.29) is 6.10 Å². The fourth-order valence-corrected chi connectivity index (χ4v) is 2.06. The highest BCUT2D eigenvalue weighted by atomic mass is 35.5. The first-order chi connectivity index (χ1) is 8.79. The molecule has 0 aliphatic carbocycles. The van der Waals surface area contributed by atoms with Gasteiger partial charge in [-0.05, 0) is 24.9 Å². The Morgan fingerprint density at radius 3 is 3.22 bits per heavy atom. The van der Waals surface area contributed by atoms with E-state index >= 15 is 0 Å². The van der Waals surface area contributed by atoms with Gasteiger partial charge in [-0.15, -0.1) is 0 Å². The Balaban J connectivity index is 1.91. The van der Waals surface area contributed by atoms with Crippen LogP contribution in [-0.2, 0) is 11.3 Å². The third-order valence-electron chi connectivity index (χ3n) is 2.92. The van der Waals surface area contributed by atoms with Crippen LogP contribution < -0.4 is 10.1 Å². The van der Waals surface area contributed by atoms with E-state index in [1.165, 1.54) is 0 Å². The van der Waals surface area contributed by atoms with Crippen LogP contribution in [0.2, 0.25) is 5.02 Å². The molecule has 5 heteroatoms. The molecular formula is C13H19ClN2O2. The number of aromatic nitrogens is 1. The lowest BCUT2D eigenvalue weighted by atomic mass is 10.2. The maximum Gasteiger partial charge on any atom is 0.213 e. The van der Waals surface area contributed by atoms with Crippen LogP contribution in [0.15, 0.2) is 12.3 Å². The minimum atomic E-state index is 0.208. The van der Waals surface area contributed by atoms with Gasteiger partial charge in [0.25, 0.3) is 0 Å². The van der Waals surface area contributed by atoms with Crippen molar-refractivity contribution >= 4 is 11.6 Å². The maximum absolute atomic E-state index is 6.08. The molecule has 1 atom stereocenters. The van der Waals surface area contributed by atoms with Crippen molar-refractivity contribution in [2.24, 2.45) is 0 Å². The van der Waals surface area contributed by atoms with Gasteiger partial charge >= 0.3 is 0 Å². The second-order valence-corrected chi connectivity index (χ2v) is 4.75. The van der Waals surface area contributed by atoms with E-state index in [0.29, 0.717) is 17.5 Å². The van der Waals surface area contributed by atoms with Crippen molar-refractivity contribution in [1.82, 2.24) is 10.3 Å². The fraction of sp³-hybridized carbons (Fsp3) is 0.615. The van der Waals surface area contributed by atoms with Crippen molar-refractivity contribution in [2.75, 3.05) is 19.8 Å². The van der Waals surface area contributed by atoms with E-state index < -0.39 is 0 Å². The molecule has 1 aliphatic heterocycles. The Hall–Kier alpha value is -0.840. The third kappa shape index (κ3) is 3.83. The monoisotopic (exact) mass is 270 g/mol. The zero-order valence-corrected chi connectivity index (χ0v) is 11.4. The van der Waals surface area contributed by atoms with Gasteiger partial charge in [0.15, 0.2) is 0 Å². The predicted octanol–water partition coefficient (Wildman–Crippen LogP) is 2.40. The van der Waals surface area contributed by atoms with Crippen LogP contribution in [0, 0.1) is 0 Å². The molecule has 0 bridgehead atoms. The Labute approximate surface area is 113 Å². The molecule has 0 spiro atoms. The zero-order valence-electron chi connectivity index (χ0n) is 10.6. The molecule has 0 radical (unpaired) electrons. The van der Waals surface area contributed by atoms with Gasteiger partial charge in [-0.25, -0.2) is 4.98 Å². The predicted molar refractivity (Wildman–Crippen MR) is 71.1 cm³/mol. The summed E-state index contributed by atoms with van der Waals surface area (Å²) in [5.41, 5.74) is 1.01. The Kier molecular flexibility index (Phi) is 5.23. The highest BCUT2D eigenvalue weighted by Crippen LogP contribution is 2.20. The number of pyridine rings is 1. The maximum atomic E-state index is 6.08. The smallest absolute Gasteiger partial charge is 0.213 e. The SMILES string of the molecule is CCNCc1cc(OCC2CCCO2)ncc1Cl. The van der Waals surface area contributed by atoms with E-state index in [1.54, 1.807) is 6.20 Å². The largest absolute Gasteiger partial charge is 0.475 e. The van der Waals surface area contributed by atoms with Crippen LogP contribution >= 0.6 is 11.6 Å². The van der Waals surface area contributed by atoms with Crippen LogP contribution in [0.25, 0.3) is 0 Å². The summed E-state index contributed by atoms with van der Waals surface area (Å²) < 4.78 is 11.1. The molecule has 1 saturated heterocycles. The summed E-state index contributed by atoms with van der Waals surface area (Å²) in [5.74, 6) is 0.614. The van der Waals surface area contributed by atoms with Crippen LogP contribution in [0.1, 0.15) is 25.3 Å². The van der Waals surface area contributed by atoms with Crippen LogP contribution in [0.4, 0.5) is 0 Å². The van der Waals surface area contributed by atoms with Crippen molar-refractivity contribution in [3.63, 3.8) is 0 Å². The first kappa shape index (κ1) is 13.6. The number of hydrogen-bond donors (Lipinski definition) is 1. The second-order valence-electron chi connectivity index (χ2n) is 4.34. The van der Waals surface area contributed by atoms with Gasteiger partial charge in [-0.2, -0.15) is 0 Å². The quantitative estimate of drug-likeness (QED) is 0.862. The molecule has 0 saturated carbocycles. The summed E-state index contributed by atoms with van der Waals surface area (Å²) in [6, 6.07) is 1.89. The summed E-state index contributed by atoms with van der Waals surface area (Å²) in [5, 5.41) is 3.90. The van der Waals surface area contributed by atoms with E-state index in [0.717, 1.165) is 38.1 Å². The third-order valence-corrected chi connectivity index (χ3v) is 3.26. The average Bonchev–Trinajstić information content (AvgIpc) is 2.89. The first-order valence-corrected chi connectivity index (χ1v) is 6.77. The summed E-state index contributed by atoms with van der Waals surface area (Å²) in [6.07, 6.45) is 4.03. The molecule has 100 valence electrons. The Bertz CT molecular complexity index is 381. The van der Waals surface area contributed by atoms with Gasteiger partial charge in [0.1, 0.15) is 6.61 Å². The minimum Gasteiger partial charge on any atom is -0.475 e. The standard InChI is InChI=1S/C13H19ClN2O2/c1-2-15-7-10-6-13(16-8-12(10)14)18-9-11-4-3-5-17-11/h6,8,11,15H,2-5,7,9H2,1H3. The average molecular weight is 271 g/mol. The van der Waals surface area contributed by atoms with Crippen molar-refractivity contribution in [3.8, 4) is 5.88 Å². The van der Waals surface area contributed by atoms with E-state index in [2.05, 4.69) is 17.2 Å².